The van der Waals surface area contributed by atoms with Crippen LogP contribution in [0.4, 0.5) is 33.7 Å². The molecule has 1 atom stereocenters. The number of rotatable bonds is 8. The number of hydrogen-bond donors (Lipinski definition) is 2. The van der Waals surface area contributed by atoms with E-state index in [1.807, 2.05) is 0 Å². The third-order valence-electron chi connectivity index (χ3n) is 6.49. The fourth-order valence-electron chi connectivity index (χ4n) is 4.24. The lowest BCUT2D eigenvalue weighted by atomic mass is 9.79. The molecule has 212 valence electrons. The lowest BCUT2D eigenvalue weighted by Gasteiger charge is -2.41. The number of amides is 1. The SMILES string of the molecule is COc1cc(S(=O)(=O)N2CC(CCC(=O)O)Oc3ccc(NC(=O)OC4(C(F)(F)F)CCC4)cc32)ccc1F. The first-order chi connectivity index (χ1) is 18.3. The number of carboxylic acid groups (broad SMARTS) is 1. The molecule has 0 spiro atoms. The Morgan fingerprint density at radius 3 is 2.51 bits per heavy atom. The minimum Gasteiger partial charge on any atom is -0.494 e. The molecule has 2 aromatic rings. The normalized spacial score (nSPS) is 18.3. The number of halogens is 4. The standard InChI is InChI=1S/C24H24F4N2O8S/c1-36-20-12-16(5-6-17(20)25)39(34,35)30-13-15(4-8-21(31)32)37-19-7-3-14(11-18(19)30)29-22(33)38-23(9-2-10-23)24(26,27)28/h3,5-7,11-12,15H,2,4,8-10,13H2,1H3,(H,29,33)(H,31,32). The summed E-state index contributed by atoms with van der Waals surface area (Å²) in [6.45, 7) is -0.340. The minimum atomic E-state index is -4.75. The molecular formula is C24H24F4N2O8S. The van der Waals surface area contributed by atoms with Crippen LogP contribution in [0, 0.1) is 5.82 Å². The highest BCUT2D eigenvalue weighted by molar-refractivity contribution is 7.92. The summed E-state index contributed by atoms with van der Waals surface area (Å²) in [5, 5.41) is 11.2. The predicted molar refractivity (Wildman–Crippen MR) is 128 cm³/mol. The quantitative estimate of drug-likeness (QED) is 0.433. The summed E-state index contributed by atoms with van der Waals surface area (Å²) in [5.74, 6) is -2.24. The molecule has 1 aliphatic heterocycles. The monoisotopic (exact) mass is 576 g/mol. The molecule has 10 nitrogen and oxygen atoms in total. The van der Waals surface area contributed by atoms with Crippen LogP contribution in [-0.4, -0.2) is 57.1 Å². The maximum Gasteiger partial charge on any atom is 0.428 e. The zero-order valence-corrected chi connectivity index (χ0v) is 21.3. The Hall–Kier alpha value is -3.75. The minimum absolute atomic E-state index is 0.0129. The van der Waals surface area contributed by atoms with Gasteiger partial charge in [0.25, 0.3) is 10.0 Å². The summed E-state index contributed by atoms with van der Waals surface area (Å²) in [5.41, 5.74) is -2.75. The Bertz CT molecular complexity index is 1380. The van der Waals surface area contributed by atoms with E-state index in [1.54, 1.807) is 0 Å². The van der Waals surface area contributed by atoms with Gasteiger partial charge in [0.2, 0.25) is 5.60 Å². The first kappa shape index (κ1) is 28.3. The van der Waals surface area contributed by atoms with Crippen molar-refractivity contribution in [2.45, 2.75) is 54.9 Å². The molecule has 2 aliphatic rings. The molecule has 0 aromatic heterocycles. The molecule has 2 aromatic carbocycles. The molecule has 4 rings (SSSR count). The van der Waals surface area contributed by atoms with Gasteiger partial charge in [0.1, 0.15) is 11.9 Å². The molecule has 0 saturated heterocycles. The molecule has 15 heteroatoms. The van der Waals surface area contributed by atoms with E-state index in [2.05, 4.69) is 5.32 Å². The number of anilines is 2. The number of nitrogens with one attached hydrogen (secondary N) is 1. The third kappa shape index (κ3) is 5.67. The van der Waals surface area contributed by atoms with Crippen LogP contribution in [0.2, 0.25) is 0 Å². The fourth-order valence-corrected chi connectivity index (χ4v) is 5.76. The number of benzene rings is 2. The largest absolute Gasteiger partial charge is 0.494 e. The van der Waals surface area contributed by atoms with Crippen LogP contribution in [0.1, 0.15) is 32.1 Å². The maximum atomic E-state index is 13.9. The van der Waals surface area contributed by atoms with Gasteiger partial charge in [-0.2, -0.15) is 13.2 Å². The lowest BCUT2D eigenvalue weighted by Crippen LogP contribution is -2.54. The van der Waals surface area contributed by atoms with Crippen LogP contribution < -0.4 is 19.1 Å². The van der Waals surface area contributed by atoms with Gasteiger partial charge in [-0.05, 0) is 56.0 Å². The van der Waals surface area contributed by atoms with Gasteiger partial charge in [-0.3, -0.25) is 14.4 Å². The van der Waals surface area contributed by atoms with E-state index in [0.29, 0.717) is 0 Å². The number of nitrogens with zero attached hydrogens (tertiary/aromatic N) is 1. The molecule has 1 unspecified atom stereocenters. The number of methoxy groups -OCH3 is 1. The number of fused-ring (bicyclic) bond motifs is 1. The van der Waals surface area contributed by atoms with Crippen molar-refractivity contribution in [3.63, 3.8) is 0 Å². The van der Waals surface area contributed by atoms with Crippen molar-refractivity contribution in [1.82, 2.24) is 0 Å². The van der Waals surface area contributed by atoms with Gasteiger partial charge < -0.3 is 19.3 Å². The van der Waals surface area contributed by atoms with Crippen LogP contribution >= 0.6 is 0 Å². The first-order valence-corrected chi connectivity index (χ1v) is 13.2. The van der Waals surface area contributed by atoms with Crippen molar-refractivity contribution < 1.29 is 54.9 Å². The van der Waals surface area contributed by atoms with Gasteiger partial charge in [-0.25, -0.2) is 17.6 Å². The van der Waals surface area contributed by atoms with Gasteiger partial charge in [0.15, 0.2) is 11.6 Å². The second-order valence-electron chi connectivity index (χ2n) is 9.05. The fraction of sp³-hybridized carbons (Fsp3) is 0.417. The van der Waals surface area contributed by atoms with Gasteiger partial charge in [-0.15, -0.1) is 0 Å². The Balaban J connectivity index is 1.66. The number of aliphatic carboxylic acids is 1. The van der Waals surface area contributed by atoms with Crippen molar-refractivity contribution in [2.24, 2.45) is 0 Å². The average Bonchev–Trinajstić information content (AvgIpc) is 2.83. The van der Waals surface area contributed by atoms with E-state index >= 15 is 0 Å². The van der Waals surface area contributed by atoms with Crippen LogP contribution in [0.5, 0.6) is 11.5 Å². The molecule has 1 aliphatic carbocycles. The maximum absolute atomic E-state index is 13.9. The molecule has 1 heterocycles. The van der Waals surface area contributed by atoms with Crippen molar-refractivity contribution in [3.05, 3.63) is 42.2 Å². The van der Waals surface area contributed by atoms with Crippen molar-refractivity contribution in [2.75, 3.05) is 23.3 Å². The van der Waals surface area contributed by atoms with Crippen LogP contribution in [-0.2, 0) is 19.6 Å². The number of sulfonamides is 1. The summed E-state index contributed by atoms with van der Waals surface area (Å²) in [7, 11) is -3.26. The number of carbonyl (C=O) groups is 2. The number of carboxylic acids is 1. The van der Waals surface area contributed by atoms with E-state index in [1.165, 1.54) is 18.2 Å². The molecule has 39 heavy (non-hydrogen) atoms. The smallest absolute Gasteiger partial charge is 0.428 e. The highest BCUT2D eigenvalue weighted by Gasteiger charge is 2.61. The Kier molecular flexibility index (Phi) is 7.56. The molecule has 1 amide bonds. The summed E-state index contributed by atoms with van der Waals surface area (Å²) < 4.78 is 97.6. The highest BCUT2D eigenvalue weighted by Crippen LogP contribution is 2.48. The number of alkyl halides is 3. The number of carbonyl (C=O) groups excluding carboxylic acids is 1. The second kappa shape index (κ2) is 10.4. The molecule has 2 N–H and O–H groups in total. The van der Waals surface area contributed by atoms with E-state index in [0.717, 1.165) is 29.6 Å². The van der Waals surface area contributed by atoms with Crippen molar-refractivity contribution >= 4 is 33.5 Å². The van der Waals surface area contributed by atoms with Crippen LogP contribution in [0.15, 0.2) is 41.3 Å². The van der Waals surface area contributed by atoms with Crippen LogP contribution in [0.25, 0.3) is 0 Å². The average molecular weight is 577 g/mol. The molecule has 0 radical (unpaired) electrons. The number of ether oxygens (including phenoxy) is 3. The Labute approximate surface area is 220 Å². The van der Waals surface area contributed by atoms with Crippen LogP contribution in [0.3, 0.4) is 0 Å². The van der Waals surface area contributed by atoms with Gasteiger partial charge in [0.05, 0.1) is 24.2 Å². The topological polar surface area (TPSA) is 131 Å². The van der Waals surface area contributed by atoms with Gasteiger partial charge in [0, 0.05) is 18.2 Å². The lowest BCUT2D eigenvalue weighted by molar-refractivity contribution is -0.282. The molecule has 1 fully saturated rings. The Morgan fingerprint density at radius 2 is 1.92 bits per heavy atom. The molecule has 0 bridgehead atoms. The molecular weight excluding hydrogens is 552 g/mol. The van der Waals surface area contributed by atoms with E-state index in [4.69, 9.17) is 19.3 Å². The van der Waals surface area contributed by atoms with E-state index in [-0.39, 0.29) is 66.4 Å². The second-order valence-corrected chi connectivity index (χ2v) is 10.9. The molecule has 1 saturated carbocycles. The zero-order chi connectivity index (χ0) is 28.6. The van der Waals surface area contributed by atoms with E-state index < -0.39 is 45.8 Å². The van der Waals surface area contributed by atoms with Gasteiger partial charge >= 0.3 is 18.2 Å². The van der Waals surface area contributed by atoms with Crippen molar-refractivity contribution in [1.29, 1.82) is 0 Å². The van der Waals surface area contributed by atoms with Crippen molar-refractivity contribution in [3.8, 4) is 11.5 Å². The summed E-state index contributed by atoms with van der Waals surface area (Å²) in [4.78, 5) is 23.1. The summed E-state index contributed by atoms with van der Waals surface area (Å²) in [6, 6.07) is 6.62. The number of hydrogen-bond acceptors (Lipinski definition) is 7. The zero-order valence-electron chi connectivity index (χ0n) is 20.5. The first-order valence-electron chi connectivity index (χ1n) is 11.7. The highest BCUT2D eigenvalue weighted by atomic mass is 32.2. The predicted octanol–water partition coefficient (Wildman–Crippen LogP) is 4.69. The van der Waals surface area contributed by atoms with Gasteiger partial charge in [-0.1, -0.05) is 0 Å². The summed E-state index contributed by atoms with van der Waals surface area (Å²) >= 11 is 0. The van der Waals surface area contributed by atoms with E-state index in [9.17, 15) is 35.6 Å². The third-order valence-corrected chi connectivity index (χ3v) is 8.27. The Morgan fingerprint density at radius 1 is 1.21 bits per heavy atom. The summed E-state index contributed by atoms with van der Waals surface area (Å²) in [6.07, 6.45) is -7.85.